The molecule has 0 atom stereocenters. The Hall–Kier alpha value is -2.58. The first-order valence-electron chi connectivity index (χ1n) is 6.71. The van der Waals surface area contributed by atoms with Crippen molar-refractivity contribution in [3.8, 4) is 11.3 Å². The highest BCUT2D eigenvalue weighted by Crippen LogP contribution is 2.28. The van der Waals surface area contributed by atoms with Crippen molar-refractivity contribution in [2.75, 3.05) is 0 Å². The molecule has 0 saturated carbocycles. The number of ether oxygens (including phenoxy) is 1. The Bertz CT molecular complexity index is 901. The molecule has 2 aromatic rings. The molecule has 3 heterocycles. The number of carbonyl (C=O) groups is 2. The number of benzene rings is 1. The van der Waals surface area contributed by atoms with Crippen LogP contribution in [0.2, 0.25) is 0 Å². The van der Waals surface area contributed by atoms with E-state index in [0.717, 1.165) is 21.7 Å². The van der Waals surface area contributed by atoms with Gasteiger partial charge in [0, 0.05) is 11.1 Å². The van der Waals surface area contributed by atoms with E-state index in [2.05, 4.69) is 15.0 Å². The molecule has 0 aliphatic carbocycles. The molecular weight excluding hydrogens is 334 g/mol. The average Bonchev–Trinajstić information content (AvgIpc) is 3.21. The van der Waals surface area contributed by atoms with Gasteiger partial charge in [-0.25, -0.2) is 4.79 Å². The monoisotopic (exact) mass is 343 g/mol. The van der Waals surface area contributed by atoms with Crippen molar-refractivity contribution in [2.45, 2.75) is 6.61 Å². The van der Waals surface area contributed by atoms with Gasteiger partial charge in [-0.05, 0) is 48.0 Å². The minimum absolute atomic E-state index is 0.252. The van der Waals surface area contributed by atoms with Gasteiger partial charge in [-0.1, -0.05) is 6.07 Å². The average molecular weight is 343 g/mol. The number of hydrogen-bond donors (Lipinski definition) is 2. The number of esters is 1. The van der Waals surface area contributed by atoms with E-state index in [9.17, 15) is 9.59 Å². The number of rotatable bonds is 2. The fourth-order valence-corrected chi connectivity index (χ4v) is 3.31. The maximum absolute atomic E-state index is 11.6. The lowest BCUT2D eigenvalue weighted by Gasteiger charge is -1.98. The second-order valence-electron chi connectivity index (χ2n) is 5.03. The van der Waals surface area contributed by atoms with Crippen LogP contribution >= 0.6 is 23.8 Å². The number of thiocarbonyl (C=S) groups is 1. The van der Waals surface area contributed by atoms with E-state index in [4.69, 9.17) is 17.0 Å². The minimum atomic E-state index is -0.287. The lowest BCUT2D eigenvalue weighted by molar-refractivity contribution is -0.115. The molecule has 1 aromatic heterocycles. The van der Waals surface area contributed by atoms with Crippen LogP contribution < -0.4 is 10.6 Å². The highest BCUT2D eigenvalue weighted by molar-refractivity contribution is 7.80. The summed E-state index contributed by atoms with van der Waals surface area (Å²) in [5.41, 5.74) is 3.56. The zero-order chi connectivity index (χ0) is 16.0. The molecule has 2 N–H and O–H groups in total. The van der Waals surface area contributed by atoms with Gasteiger partial charge in [0.2, 0.25) is 0 Å². The maximum atomic E-state index is 11.6. The third-order valence-corrected chi connectivity index (χ3v) is 4.45. The van der Waals surface area contributed by atoms with Crippen molar-refractivity contribution in [3.63, 3.8) is 0 Å². The molecule has 0 unspecified atom stereocenters. The second-order valence-corrected chi connectivity index (χ2v) is 6.27. The van der Waals surface area contributed by atoms with Gasteiger partial charge in [0.25, 0.3) is 5.91 Å². The van der Waals surface area contributed by atoms with Crippen molar-refractivity contribution in [1.82, 2.24) is 15.0 Å². The van der Waals surface area contributed by atoms with Crippen LogP contribution in [0.4, 0.5) is 0 Å². The molecule has 1 saturated heterocycles. The fourth-order valence-electron chi connectivity index (χ4n) is 2.41. The van der Waals surface area contributed by atoms with E-state index in [1.54, 1.807) is 12.1 Å². The third kappa shape index (κ3) is 2.51. The van der Waals surface area contributed by atoms with E-state index in [-0.39, 0.29) is 11.9 Å². The predicted molar refractivity (Wildman–Crippen MR) is 88.5 cm³/mol. The van der Waals surface area contributed by atoms with Crippen LogP contribution in [0, 0.1) is 0 Å². The van der Waals surface area contributed by atoms with Crippen molar-refractivity contribution in [3.05, 3.63) is 46.0 Å². The first-order chi connectivity index (χ1) is 11.1. The molecule has 2 aliphatic rings. The summed E-state index contributed by atoms with van der Waals surface area (Å²) in [4.78, 5) is 23.9. The van der Waals surface area contributed by atoms with E-state index in [0.29, 0.717) is 23.0 Å². The summed E-state index contributed by atoms with van der Waals surface area (Å²) in [6, 6.07) is 7.38. The number of nitrogens with one attached hydrogen (secondary N) is 2. The molecule has 6 nitrogen and oxygen atoms in total. The topological polar surface area (TPSA) is 80.3 Å². The summed E-state index contributed by atoms with van der Waals surface area (Å²) < 4.78 is 9.39. The van der Waals surface area contributed by atoms with Gasteiger partial charge in [-0.2, -0.15) is 4.37 Å². The van der Waals surface area contributed by atoms with Crippen molar-refractivity contribution in [2.24, 2.45) is 0 Å². The minimum Gasteiger partial charge on any atom is -0.457 e. The molecule has 114 valence electrons. The molecule has 1 amide bonds. The molecule has 23 heavy (non-hydrogen) atoms. The van der Waals surface area contributed by atoms with Crippen molar-refractivity contribution in [1.29, 1.82) is 0 Å². The number of carbonyl (C=O) groups excluding carboxylic acids is 2. The van der Waals surface area contributed by atoms with E-state index < -0.39 is 0 Å². The Morgan fingerprint density at radius 2 is 2.13 bits per heavy atom. The number of aromatic nitrogens is 1. The largest absolute Gasteiger partial charge is 0.457 e. The Labute approximate surface area is 140 Å². The zero-order valence-electron chi connectivity index (χ0n) is 11.6. The molecule has 4 rings (SSSR count). The first kappa shape index (κ1) is 14.0. The molecule has 2 aliphatic heterocycles. The van der Waals surface area contributed by atoms with Gasteiger partial charge in [-0.15, -0.1) is 0 Å². The smallest absolute Gasteiger partial charge is 0.338 e. The number of amides is 1. The molecule has 0 bridgehead atoms. The van der Waals surface area contributed by atoms with Crippen molar-refractivity contribution < 1.29 is 14.3 Å². The number of nitrogens with zero attached hydrogens (tertiary/aromatic N) is 1. The van der Waals surface area contributed by atoms with Gasteiger partial charge in [0.05, 0.1) is 16.1 Å². The van der Waals surface area contributed by atoms with Crippen LogP contribution in [0.25, 0.3) is 17.3 Å². The first-order valence-corrected chi connectivity index (χ1v) is 7.89. The molecule has 8 heteroatoms. The normalized spacial score (nSPS) is 17.9. The van der Waals surface area contributed by atoms with Gasteiger partial charge in [0.1, 0.15) is 12.3 Å². The maximum Gasteiger partial charge on any atom is 0.338 e. The Balaban J connectivity index is 1.64. The summed E-state index contributed by atoms with van der Waals surface area (Å²) in [7, 11) is 0. The lowest BCUT2D eigenvalue weighted by Crippen LogP contribution is -2.21. The predicted octanol–water partition coefficient (Wildman–Crippen LogP) is 1.83. The molecule has 1 fully saturated rings. The van der Waals surface area contributed by atoms with Gasteiger partial charge < -0.3 is 10.1 Å². The molecule has 0 radical (unpaired) electrons. The van der Waals surface area contributed by atoms with E-state index in [1.165, 1.54) is 11.5 Å². The number of cyclic esters (lactones) is 1. The Morgan fingerprint density at radius 1 is 1.26 bits per heavy atom. The van der Waals surface area contributed by atoms with Gasteiger partial charge in [-0.3, -0.25) is 10.1 Å². The van der Waals surface area contributed by atoms with E-state index >= 15 is 0 Å². The standard InChI is InChI=1S/C15H9N3O3S2/c19-13-12(16-15(22)17-13)5-9-4-11(18-23-9)7-1-2-10-8(3-7)6-21-14(10)20/h1-5H,6H2,(H2,16,17,19,22)/b12-5+. The Kier molecular flexibility index (Phi) is 3.21. The summed E-state index contributed by atoms with van der Waals surface area (Å²) in [6.45, 7) is 0.296. The molecular formula is C15H9N3O3S2. The highest BCUT2D eigenvalue weighted by Gasteiger charge is 2.22. The number of hydrogen-bond acceptors (Lipinski definition) is 6. The third-order valence-electron chi connectivity index (χ3n) is 3.51. The zero-order valence-corrected chi connectivity index (χ0v) is 13.2. The van der Waals surface area contributed by atoms with Gasteiger partial charge in [0.15, 0.2) is 5.11 Å². The fraction of sp³-hybridized carbons (Fsp3) is 0.0667. The second kappa shape index (κ2) is 5.25. The molecule has 0 spiro atoms. The van der Waals surface area contributed by atoms with E-state index in [1.807, 2.05) is 18.2 Å². The quantitative estimate of drug-likeness (QED) is 0.492. The van der Waals surface area contributed by atoms with Crippen LogP contribution in [-0.2, 0) is 16.1 Å². The SMILES string of the molecule is O=C1NC(=S)N/C1=C/c1cc(-c2ccc3c(c2)COC3=O)ns1. The molecule has 1 aromatic carbocycles. The summed E-state index contributed by atoms with van der Waals surface area (Å²) in [5.74, 6) is -0.539. The van der Waals surface area contributed by atoms with Gasteiger partial charge >= 0.3 is 5.97 Å². The lowest BCUT2D eigenvalue weighted by atomic mass is 10.0. The van der Waals surface area contributed by atoms with Crippen LogP contribution in [0.1, 0.15) is 20.8 Å². The highest BCUT2D eigenvalue weighted by atomic mass is 32.1. The summed E-state index contributed by atoms with van der Waals surface area (Å²) >= 11 is 6.17. The van der Waals surface area contributed by atoms with Crippen LogP contribution in [-0.4, -0.2) is 21.4 Å². The summed E-state index contributed by atoms with van der Waals surface area (Å²) in [5, 5.41) is 5.61. The Morgan fingerprint density at radius 3 is 2.91 bits per heavy atom. The van der Waals surface area contributed by atoms with Crippen LogP contribution in [0.3, 0.4) is 0 Å². The van der Waals surface area contributed by atoms with Crippen molar-refractivity contribution >= 4 is 46.8 Å². The number of fused-ring (bicyclic) bond motifs is 1. The van der Waals surface area contributed by atoms with Crippen LogP contribution in [0.5, 0.6) is 0 Å². The summed E-state index contributed by atoms with van der Waals surface area (Å²) in [6.07, 6.45) is 1.70. The van der Waals surface area contributed by atoms with Crippen LogP contribution in [0.15, 0.2) is 30.0 Å².